The summed E-state index contributed by atoms with van der Waals surface area (Å²) in [5.41, 5.74) is 3.27. The lowest BCUT2D eigenvalue weighted by molar-refractivity contribution is 0.000624. The SMILES string of the molecule is C[C@H]1CN(c2ccc(C(=O)NCc3ccc(F)c(F)c3)cc2Cl)CCN1C1(C)CCN(Cc2ccc(Cl)cc2)CC1. The van der Waals surface area contributed by atoms with Crippen molar-refractivity contribution in [3.8, 4) is 0 Å². The zero-order chi connectivity index (χ0) is 29.1. The molecule has 0 bridgehead atoms. The first-order valence-corrected chi connectivity index (χ1v) is 14.9. The van der Waals surface area contributed by atoms with Crippen LogP contribution in [0.15, 0.2) is 60.7 Å². The molecule has 0 spiro atoms. The number of hydrogen-bond donors (Lipinski definition) is 1. The van der Waals surface area contributed by atoms with Crippen molar-refractivity contribution in [2.75, 3.05) is 37.6 Å². The van der Waals surface area contributed by atoms with Crippen LogP contribution in [0.25, 0.3) is 0 Å². The number of piperazine rings is 1. The standard InChI is InChI=1S/C32H36Cl2F2N4O/c1-22-20-39(15-16-40(22)32(2)11-13-38(14-12-32)21-23-3-7-26(33)8-4-23)30-10-6-25(18-27(30)34)31(41)37-19-24-5-9-28(35)29(36)17-24/h3-10,17-18,22H,11-16,19-21H2,1-2H3,(H,37,41)/t22-/m0/s1. The number of nitrogens with one attached hydrogen (secondary N) is 1. The lowest BCUT2D eigenvalue weighted by atomic mass is 9.85. The second kappa shape index (κ2) is 12.7. The van der Waals surface area contributed by atoms with Gasteiger partial charge in [0.15, 0.2) is 11.6 Å². The number of rotatable bonds is 7. The number of nitrogens with zero attached hydrogens (tertiary/aromatic N) is 3. The summed E-state index contributed by atoms with van der Waals surface area (Å²) in [6.07, 6.45) is 2.25. The Bertz CT molecular complexity index is 1380. The van der Waals surface area contributed by atoms with Crippen LogP contribution in [0.2, 0.25) is 10.0 Å². The number of benzene rings is 3. The Morgan fingerprint density at radius 3 is 2.29 bits per heavy atom. The Morgan fingerprint density at radius 2 is 1.63 bits per heavy atom. The van der Waals surface area contributed by atoms with E-state index in [4.69, 9.17) is 23.2 Å². The highest BCUT2D eigenvalue weighted by Gasteiger charge is 2.40. The van der Waals surface area contributed by atoms with Gasteiger partial charge in [0, 0.05) is 68.0 Å². The monoisotopic (exact) mass is 600 g/mol. The Labute approximate surface area is 251 Å². The largest absolute Gasteiger partial charge is 0.367 e. The first-order chi connectivity index (χ1) is 19.6. The number of amides is 1. The number of carbonyl (C=O) groups excluding carboxylic acids is 1. The van der Waals surface area contributed by atoms with Gasteiger partial charge in [-0.15, -0.1) is 0 Å². The van der Waals surface area contributed by atoms with Gasteiger partial charge in [0.1, 0.15) is 0 Å². The zero-order valence-corrected chi connectivity index (χ0v) is 25.0. The highest BCUT2D eigenvalue weighted by Crippen LogP contribution is 2.35. The molecule has 0 radical (unpaired) electrons. The van der Waals surface area contributed by atoms with E-state index in [0.717, 1.165) is 75.0 Å². The first kappa shape index (κ1) is 29.8. The molecule has 2 aliphatic heterocycles. The fourth-order valence-corrected chi connectivity index (χ4v) is 6.57. The van der Waals surface area contributed by atoms with Gasteiger partial charge in [0.05, 0.1) is 10.7 Å². The van der Waals surface area contributed by atoms with Gasteiger partial charge in [-0.25, -0.2) is 8.78 Å². The predicted molar refractivity (Wildman–Crippen MR) is 162 cm³/mol. The molecule has 3 aromatic rings. The summed E-state index contributed by atoms with van der Waals surface area (Å²) in [7, 11) is 0. The molecular formula is C32H36Cl2F2N4O. The molecule has 0 aliphatic carbocycles. The summed E-state index contributed by atoms with van der Waals surface area (Å²) in [4.78, 5) is 20.2. The van der Waals surface area contributed by atoms with Crippen LogP contribution < -0.4 is 10.2 Å². The normalized spacial score (nSPS) is 19.8. The van der Waals surface area contributed by atoms with Crippen molar-refractivity contribution in [1.29, 1.82) is 0 Å². The molecule has 2 saturated heterocycles. The maximum atomic E-state index is 13.5. The molecule has 2 heterocycles. The highest BCUT2D eigenvalue weighted by atomic mass is 35.5. The van der Waals surface area contributed by atoms with Gasteiger partial charge in [-0.1, -0.05) is 41.4 Å². The Hall–Kier alpha value is -2.71. The fourth-order valence-electron chi connectivity index (χ4n) is 6.15. The summed E-state index contributed by atoms with van der Waals surface area (Å²) >= 11 is 12.7. The molecule has 5 nitrogen and oxygen atoms in total. The summed E-state index contributed by atoms with van der Waals surface area (Å²) < 4.78 is 26.6. The molecular weight excluding hydrogens is 565 g/mol. The van der Waals surface area contributed by atoms with Crippen molar-refractivity contribution in [2.45, 2.75) is 51.4 Å². The van der Waals surface area contributed by atoms with E-state index in [-0.39, 0.29) is 18.0 Å². The Kier molecular flexibility index (Phi) is 9.19. The second-order valence-electron chi connectivity index (χ2n) is 11.5. The van der Waals surface area contributed by atoms with E-state index in [1.165, 1.54) is 11.6 Å². The topological polar surface area (TPSA) is 38.8 Å². The quantitative estimate of drug-likeness (QED) is 0.325. The minimum atomic E-state index is -0.938. The smallest absolute Gasteiger partial charge is 0.251 e. The van der Waals surface area contributed by atoms with Gasteiger partial charge < -0.3 is 10.2 Å². The summed E-state index contributed by atoms with van der Waals surface area (Å²) in [6, 6.07) is 17.4. The number of hydrogen-bond acceptors (Lipinski definition) is 4. The fraction of sp³-hybridized carbons (Fsp3) is 0.406. The molecule has 1 atom stereocenters. The summed E-state index contributed by atoms with van der Waals surface area (Å²) in [5.74, 6) is -2.17. The first-order valence-electron chi connectivity index (χ1n) is 14.1. The maximum Gasteiger partial charge on any atom is 0.251 e. The Balaban J connectivity index is 1.14. The number of piperidine rings is 1. The average molecular weight is 602 g/mol. The second-order valence-corrected chi connectivity index (χ2v) is 12.3. The van der Waals surface area contributed by atoms with Gasteiger partial charge in [-0.3, -0.25) is 14.6 Å². The molecule has 0 unspecified atom stereocenters. The summed E-state index contributed by atoms with van der Waals surface area (Å²) in [6.45, 7) is 10.5. The molecule has 3 aromatic carbocycles. The predicted octanol–water partition coefficient (Wildman–Crippen LogP) is 6.77. The van der Waals surface area contributed by atoms with E-state index < -0.39 is 11.6 Å². The van der Waals surface area contributed by atoms with E-state index in [1.807, 2.05) is 18.2 Å². The molecule has 1 amide bonds. The third kappa shape index (κ3) is 7.03. The van der Waals surface area contributed by atoms with E-state index in [9.17, 15) is 13.6 Å². The van der Waals surface area contributed by atoms with Crippen LogP contribution in [0.3, 0.4) is 0 Å². The van der Waals surface area contributed by atoms with Crippen LogP contribution in [0.1, 0.15) is 48.2 Å². The lowest BCUT2D eigenvalue weighted by Gasteiger charge is -2.53. The molecule has 5 rings (SSSR count). The van der Waals surface area contributed by atoms with E-state index in [0.29, 0.717) is 22.2 Å². The third-order valence-corrected chi connectivity index (χ3v) is 9.12. The van der Waals surface area contributed by atoms with Crippen LogP contribution in [0, 0.1) is 11.6 Å². The van der Waals surface area contributed by atoms with Crippen molar-refractivity contribution in [2.24, 2.45) is 0 Å². The number of halogens is 4. The van der Waals surface area contributed by atoms with E-state index in [2.05, 4.69) is 46.0 Å². The maximum absolute atomic E-state index is 13.5. The zero-order valence-electron chi connectivity index (χ0n) is 23.5. The van der Waals surface area contributed by atoms with Gasteiger partial charge in [0.25, 0.3) is 5.91 Å². The average Bonchev–Trinajstić information content (AvgIpc) is 2.96. The molecule has 218 valence electrons. The van der Waals surface area contributed by atoms with Crippen LogP contribution >= 0.6 is 23.2 Å². The minimum Gasteiger partial charge on any atom is -0.367 e. The molecule has 2 fully saturated rings. The molecule has 1 N–H and O–H groups in total. The van der Waals surface area contributed by atoms with E-state index in [1.54, 1.807) is 12.1 Å². The van der Waals surface area contributed by atoms with Crippen LogP contribution in [0.4, 0.5) is 14.5 Å². The van der Waals surface area contributed by atoms with Crippen LogP contribution in [-0.2, 0) is 13.1 Å². The van der Waals surface area contributed by atoms with Crippen molar-refractivity contribution in [3.05, 3.63) is 99.0 Å². The number of anilines is 1. The molecule has 2 aliphatic rings. The van der Waals surface area contributed by atoms with Gasteiger partial charge >= 0.3 is 0 Å². The third-order valence-electron chi connectivity index (χ3n) is 8.56. The van der Waals surface area contributed by atoms with Gasteiger partial charge in [0.2, 0.25) is 0 Å². The highest BCUT2D eigenvalue weighted by molar-refractivity contribution is 6.33. The van der Waals surface area contributed by atoms with Crippen molar-refractivity contribution < 1.29 is 13.6 Å². The van der Waals surface area contributed by atoms with Crippen LogP contribution in [0.5, 0.6) is 0 Å². The van der Waals surface area contributed by atoms with Crippen LogP contribution in [-0.4, -0.2) is 60.0 Å². The van der Waals surface area contributed by atoms with Gasteiger partial charge in [-0.05, 0) is 80.3 Å². The number of carbonyl (C=O) groups is 1. The van der Waals surface area contributed by atoms with Crippen molar-refractivity contribution in [1.82, 2.24) is 15.1 Å². The molecule has 0 saturated carbocycles. The minimum absolute atomic E-state index is 0.0898. The van der Waals surface area contributed by atoms with Gasteiger partial charge in [-0.2, -0.15) is 0 Å². The number of likely N-dealkylation sites (tertiary alicyclic amines) is 1. The molecule has 0 aromatic heterocycles. The summed E-state index contributed by atoms with van der Waals surface area (Å²) in [5, 5.41) is 4.04. The lowest BCUT2D eigenvalue weighted by Crippen LogP contribution is -2.62. The van der Waals surface area contributed by atoms with Crippen molar-refractivity contribution in [3.63, 3.8) is 0 Å². The molecule has 41 heavy (non-hydrogen) atoms. The van der Waals surface area contributed by atoms with Crippen molar-refractivity contribution >= 4 is 34.8 Å². The van der Waals surface area contributed by atoms with E-state index >= 15 is 0 Å². The Morgan fingerprint density at radius 1 is 0.927 bits per heavy atom. The molecule has 9 heteroatoms.